The molecule has 0 aromatic carbocycles. The molecule has 1 aliphatic rings. The van der Waals surface area contributed by atoms with Crippen LogP contribution in [0.25, 0.3) is 5.52 Å². The average molecular weight is 325 g/mol. The molecule has 7 nitrogen and oxygen atoms in total. The summed E-state index contributed by atoms with van der Waals surface area (Å²) in [7, 11) is 0. The Balaban J connectivity index is 1.68. The van der Waals surface area contributed by atoms with Gasteiger partial charge in [0, 0.05) is 37.0 Å². The molecule has 3 aromatic rings. The lowest BCUT2D eigenvalue weighted by atomic mass is 10.3. The Morgan fingerprint density at radius 1 is 1.38 bits per heavy atom. The van der Waals surface area contributed by atoms with Crippen molar-refractivity contribution in [3.63, 3.8) is 0 Å². The van der Waals surface area contributed by atoms with E-state index in [0.29, 0.717) is 5.92 Å². The third kappa shape index (κ3) is 2.81. The quantitative estimate of drug-likeness (QED) is 0.697. The van der Waals surface area contributed by atoms with E-state index in [1.807, 2.05) is 22.8 Å². The minimum atomic E-state index is 0.655. The summed E-state index contributed by atoms with van der Waals surface area (Å²) in [5.74, 6) is 2.99. The second-order valence-electron chi connectivity index (χ2n) is 6.29. The molecule has 0 unspecified atom stereocenters. The summed E-state index contributed by atoms with van der Waals surface area (Å²) in [6.07, 6.45) is 5.52. The highest BCUT2D eigenvalue weighted by Gasteiger charge is 2.25. The summed E-state index contributed by atoms with van der Waals surface area (Å²) in [4.78, 5) is 6.94. The molecular weight excluding hydrogens is 302 g/mol. The van der Waals surface area contributed by atoms with Crippen LogP contribution in [0.15, 0.2) is 24.4 Å². The van der Waals surface area contributed by atoms with Crippen molar-refractivity contribution >= 4 is 23.1 Å². The van der Waals surface area contributed by atoms with Gasteiger partial charge in [0.1, 0.15) is 5.52 Å². The standard InChI is InChI=1S/C17H23N7/c1-3-9-23(4-2)17-19-16(14-6-5-10-24(14)22-17)18-15-11-13(20-21-15)12-7-8-12/h5-6,10-12H,3-4,7-9H2,1-2H3,(H2,18,19,20,21,22). The molecule has 24 heavy (non-hydrogen) atoms. The van der Waals surface area contributed by atoms with Crippen molar-refractivity contribution in [3.8, 4) is 0 Å². The van der Waals surface area contributed by atoms with Gasteiger partial charge in [-0.15, -0.1) is 5.10 Å². The maximum Gasteiger partial charge on any atom is 0.245 e. The molecule has 1 fully saturated rings. The third-order valence-electron chi connectivity index (χ3n) is 4.40. The van der Waals surface area contributed by atoms with Gasteiger partial charge in [-0.1, -0.05) is 6.92 Å². The molecule has 0 radical (unpaired) electrons. The summed E-state index contributed by atoms with van der Waals surface area (Å²) in [5.41, 5.74) is 2.15. The number of nitrogens with one attached hydrogen (secondary N) is 2. The third-order valence-corrected chi connectivity index (χ3v) is 4.40. The first-order valence-electron chi connectivity index (χ1n) is 8.71. The summed E-state index contributed by atoms with van der Waals surface area (Å²) in [6.45, 7) is 6.12. The first kappa shape index (κ1) is 15.0. The number of hydrogen-bond acceptors (Lipinski definition) is 5. The topological polar surface area (TPSA) is 74.1 Å². The molecule has 3 aromatic heterocycles. The van der Waals surface area contributed by atoms with E-state index in [-0.39, 0.29) is 0 Å². The Kier molecular flexibility index (Phi) is 3.84. The Labute approximate surface area is 141 Å². The molecule has 0 aliphatic heterocycles. The number of rotatable bonds is 7. The summed E-state index contributed by atoms with van der Waals surface area (Å²) in [6, 6.07) is 6.08. The van der Waals surface area contributed by atoms with Gasteiger partial charge in [0.25, 0.3) is 0 Å². The van der Waals surface area contributed by atoms with Crippen molar-refractivity contribution in [2.45, 2.75) is 39.0 Å². The summed E-state index contributed by atoms with van der Waals surface area (Å²) < 4.78 is 1.87. The highest BCUT2D eigenvalue weighted by atomic mass is 15.4. The number of aromatic nitrogens is 5. The van der Waals surface area contributed by atoms with Gasteiger partial charge >= 0.3 is 0 Å². The van der Waals surface area contributed by atoms with Crippen LogP contribution in [-0.4, -0.2) is 37.9 Å². The Morgan fingerprint density at radius 2 is 2.25 bits per heavy atom. The Morgan fingerprint density at radius 3 is 3.00 bits per heavy atom. The van der Waals surface area contributed by atoms with E-state index < -0.39 is 0 Å². The van der Waals surface area contributed by atoms with Crippen molar-refractivity contribution < 1.29 is 0 Å². The van der Waals surface area contributed by atoms with E-state index in [1.54, 1.807) is 0 Å². The van der Waals surface area contributed by atoms with Crippen LogP contribution in [0.1, 0.15) is 44.7 Å². The van der Waals surface area contributed by atoms with Gasteiger partial charge in [-0.25, -0.2) is 4.52 Å². The van der Waals surface area contributed by atoms with Gasteiger partial charge in [-0.2, -0.15) is 10.1 Å². The SMILES string of the molecule is CCCN(CC)c1nc(Nc2cc(C3CC3)[nH]n2)c2cccn2n1. The Hall–Kier alpha value is -2.57. The second-order valence-corrected chi connectivity index (χ2v) is 6.29. The highest BCUT2D eigenvalue weighted by Crippen LogP contribution is 2.39. The van der Waals surface area contributed by atoms with E-state index in [4.69, 9.17) is 4.98 Å². The van der Waals surface area contributed by atoms with Gasteiger partial charge in [0.05, 0.1) is 0 Å². The van der Waals surface area contributed by atoms with Gasteiger partial charge < -0.3 is 10.2 Å². The van der Waals surface area contributed by atoms with Gasteiger partial charge in [-0.3, -0.25) is 5.10 Å². The minimum Gasteiger partial charge on any atom is -0.340 e. The summed E-state index contributed by atoms with van der Waals surface area (Å²) >= 11 is 0. The molecule has 0 amide bonds. The second kappa shape index (κ2) is 6.14. The van der Waals surface area contributed by atoms with E-state index in [9.17, 15) is 0 Å². The molecule has 126 valence electrons. The molecule has 1 aliphatic carbocycles. The molecule has 0 atom stereocenters. The molecule has 7 heteroatoms. The normalized spacial score (nSPS) is 14.2. The van der Waals surface area contributed by atoms with Crippen LogP contribution in [-0.2, 0) is 0 Å². The molecular formula is C17H23N7. The number of H-pyrrole nitrogens is 1. The monoisotopic (exact) mass is 325 g/mol. The van der Waals surface area contributed by atoms with Crippen LogP contribution in [0.2, 0.25) is 0 Å². The van der Waals surface area contributed by atoms with Crippen LogP contribution in [0, 0.1) is 0 Å². The molecule has 0 bridgehead atoms. The van der Waals surface area contributed by atoms with E-state index in [1.165, 1.54) is 18.5 Å². The molecule has 3 heterocycles. The fourth-order valence-electron chi connectivity index (χ4n) is 2.94. The van der Waals surface area contributed by atoms with Gasteiger partial charge in [0.2, 0.25) is 5.95 Å². The molecule has 4 rings (SSSR count). The average Bonchev–Trinajstić information content (AvgIpc) is 3.14. The fourth-order valence-corrected chi connectivity index (χ4v) is 2.94. The minimum absolute atomic E-state index is 0.655. The molecule has 2 N–H and O–H groups in total. The zero-order valence-corrected chi connectivity index (χ0v) is 14.2. The maximum atomic E-state index is 4.76. The Bertz CT molecular complexity index is 830. The zero-order valence-electron chi connectivity index (χ0n) is 14.2. The number of aromatic amines is 1. The van der Waals surface area contributed by atoms with Crippen LogP contribution in [0.3, 0.4) is 0 Å². The van der Waals surface area contributed by atoms with Crippen LogP contribution in [0.4, 0.5) is 17.6 Å². The number of anilines is 3. The van der Waals surface area contributed by atoms with Crippen molar-refractivity contribution in [3.05, 3.63) is 30.1 Å². The largest absolute Gasteiger partial charge is 0.340 e. The van der Waals surface area contributed by atoms with Crippen LogP contribution >= 0.6 is 0 Å². The first-order chi connectivity index (χ1) is 11.8. The van der Waals surface area contributed by atoms with Crippen molar-refractivity contribution in [1.29, 1.82) is 0 Å². The number of hydrogen-bond donors (Lipinski definition) is 2. The van der Waals surface area contributed by atoms with E-state index in [0.717, 1.165) is 42.6 Å². The van der Waals surface area contributed by atoms with Crippen LogP contribution in [0.5, 0.6) is 0 Å². The van der Waals surface area contributed by atoms with Gasteiger partial charge in [-0.05, 0) is 38.3 Å². The smallest absolute Gasteiger partial charge is 0.245 e. The molecule has 0 spiro atoms. The van der Waals surface area contributed by atoms with Crippen molar-refractivity contribution in [2.24, 2.45) is 0 Å². The van der Waals surface area contributed by atoms with E-state index >= 15 is 0 Å². The lowest BCUT2D eigenvalue weighted by Crippen LogP contribution is -2.26. The van der Waals surface area contributed by atoms with E-state index in [2.05, 4.69) is 45.4 Å². The summed E-state index contributed by atoms with van der Waals surface area (Å²) in [5, 5.41) is 15.5. The van der Waals surface area contributed by atoms with Crippen molar-refractivity contribution in [1.82, 2.24) is 24.8 Å². The lowest BCUT2D eigenvalue weighted by molar-refractivity contribution is 0.740. The van der Waals surface area contributed by atoms with Crippen molar-refractivity contribution in [2.75, 3.05) is 23.3 Å². The predicted octanol–water partition coefficient (Wildman–Crippen LogP) is 3.31. The highest BCUT2D eigenvalue weighted by molar-refractivity contribution is 5.73. The first-order valence-corrected chi connectivity index (χ1v) is 8.71. The zero-order chi connectivity index (χ0) is 16.5. The fraction of sp³-hybridized carbons (Fsp3) is 0.471. The van der Waals surface area contributed by atoms with Gasteiger partial charge in [0.15, 0.2) is 11.6 Å². The van der Waals surface area contributed by atoms with Crippen LogP contribution < -0.4 is 10.2 Å². The lowest BCUT2D eigenvalue weighted by Gasteiger charge is -2.20. The predicted molar refractivity (Wildman–Crippen MR) is 95.0 cm³/mol. The number of fused-ring (bicyclic) bond motifs is 1. The maximum absolute atomic E-state index is 4.76. The molecule has 1 saturated carbocycles. The molecule has 0 saturated heterocycles. The number of nitrogens with zero attached hydrogens (tertiary/aromatic N) is 5.